The average molecular weight is 440 g/mol. The van der Waals surface area contributed by atoms with Crippen LogP contribution in [0.3, 0.4) is 0 Å². The number of benzene rings is 1. The van der Waals surface area contributed by atoms with E-state index in [2.05, 4.69) is 16.4 Å². The molecular formula is C22H21N3O3S2. The summed E-state index contributed by atoms with van der Waals surface area (Å²) < 4.78 is 5.12. The molecule has 30 heavy (non-hydrogen) atoms. The number of esters is 1. The maximum Gasteiger partial charge on any atom is 0.341 e. The molecule has 3 rings (SSSR count). The minimum Gasteiger partial charge on any atom is -0.462 e. The van der Waals surface area contributed by atoms with Gasteiger partial charge in [0.1, 0.15) is 16.1 Å². The highest BCUT2D eigenvalue weighted by Crippen LogP contribution is 2.33. The number of pyridine rings is 1. The highest BCUT2D eigenvalue weighted by atomic mass is 32.2. The summed E-state index contributed by atoms with van der Waals surface area (Å²) in [5.74, 6) is -0.654. The molecule has 0 fully saturated rings. The summed E-state index contributed by atoms with van der Waals surface area (Å²) in [7, 11) is 0. The Kier molecular flexibility index (Phi) is 6.75. The normalized spacial score (nSPS) is 10.6. The van der Waals surface area contributed by atoms with Gasteiger partial charge in [-0.1, -0.05) is 23.4 Å². The number of aryl methyl sites for hydroxylation is 2. The van der Waals surface area contributed by atoms with Gasteiger partial charge in [0.15, 0.2) is 0 Å². The molecule has 0 unspecified atom stereocenters. The third kappa shape index (κ3) is 4.64. The van der Waals surface area contributed by atoms with Gasteiger partial charge < -0.3 is 10.1 Å². The standard InChI is InChI=1S/C22H21N3O3S2/c1-5-28-22(27)19-13(3)14(4)30-21(19)25-18(26)11-29-20-16(10-23)9-15-8-12(2)6-7-17(15)24-20/h6-9H,5,11H2,1-4H3,(H,25,26). The third-order valence-corrected chi connectivity index (χ3v) is 6.63. The molecule has 1 amide bonds. The van der Waals surface area contributed by atoms with Gasteiger partial charge in [-0.25, -0.2) is 9.78 Å². The second-order valence-electron chi connectivity index (χ2n) is 6.69. The van der Waals surface area contributed by atoms with Crippen LogP contribution in [0.4, 0.5) is 5.00 Å². The van der Waals surface area contributed by atoms with E-state index in [-0.39, 0.29) is 18.3 Å². The second kappa shape index (κ2) is 9.28. The molecule has 1 aromatic carbocycles. The molecule has 3 aromatic rings. The average Bonchev–Trinajstić information content (AvgIpc) is 2.99. The molecule has 0 saturated carbocycles. The Morgan fingerprint density at radius 2 is 2.03 bits per heavy atom. The SMILES string of the molecule is CCOC(=O)c1c(NC(=O)CSc2nc3ccc(C)cc3cc2C#N)sc(C)c1C. The Morgan fingerprint density at radius 1 is 1.27 bits per heavy atom. The van der Waals surface area contributed by atoms with E-state index in [9.17, 15) is 14.9 Å². The molecule has 2 aromatic heterocycles. The fourth-order valence-electron chi connectivity index (χ4n) is 2.93. The fourth-order valence-corrected chi connectivity index (χ4v) is 4.76. The topological polar surface area (TPSA) is 92.1 Å². The lowest BCUT2D eigenvalue weighted by Crippen LogP contribution is -2.16. The van der Waals surface area contributed by atoms with Gasteiger partial charge in [-0.15, -0.1) is 11.3 Å². The molecule has 0 aliphatic rings. The second-order valence-corrected chi connectivity index (χ2v) is 8.88. The Labute approximate surface area is 183 Å². The van der Waals surface area contributed by atoms with Crippen molar-refractivity contribution in [1.29, 1.82) is 5.26 Å². The lowest BCUT2D eigenvalue weighted by molar-refractivity contribution is -0.113. The van der Waals surface area contributed by atoms with Crippen molar-refractivity contribution in [2.75, 3.05) is 17.7 Å². The number of thioether (sulfide) groups is 1. The Balaban J connectivity index is 1.77. The highest BCUT2D eigenvalue weighted by Gasteiger charge is 2.22. The Hall–Kier alpha value is -2.89. The van der Waals surface area contributed by atoms with E-state index >= 15 is 0 Å². The van der Waals surface area contributed by atoms with Gasteiger partial charge in [-0.05, 0) is 51.5 Å². The van der Waals surface area contributed by atoms with E-state index in [0.29, 0.717) is 21.2 Å². The number of hydrogen-bond acceptors (Lipinski definition) is 7. The molecule has 0 aliphatic heterocycles. The molecule has 8 heteroatoms. The molecule has 0 saturated heterocycles. The lowest BCUT2D eigenvalue weighted by Gasteiger charge is -2.08. The van der Waals surface area contributed by atoms with E-state index < -0.39 is 5.97 Å². The Morgan fingerprint density at radius 3 is 2.73 bits per heavy atom. The number of rotatable bonds is 6. The number of aromatic nitrogens is 1. The van der Waals surface area contributed by atoms with Gasteiger partial charge in [0.25, 0.3) is 0 Å². The van der Waals surface area contributed by atoms with E-state index in [4.69, 9.17) is 4.74 Å². The first-order chi connectivity index (χ1) is 14.3. The van der Waals surface area contributed by atoms with Crippen LogP contribution in [0.1, 0.15) is 38.8 Å². The number of carbonyl (C=O) groups excluding carboxylic acids is 2. The van der Waals surface area contributed by atoms with Gasteiger partial charge in [0.2, 0.25) is 5.91 Å². The predicted octanol–water partition coefficient (Wildman–Crippen LogP) is 5.00. The minimum atomic E-state index is -0.444. The van der Waals surface area contributed by atoms with Gasteiger partial charge in [0.05, 0.1) is 29.0 Å². The maximum absolute atomic E-state index is 12.6. The van der Waals surface area contributed by atoms with E-state index in [0.717, 1.165) is 26.9 Å². The molecule has 6 nitrogen and oxygen atoms in total. The number of amides is 1. The van der Waals surface area contributed by atoms with Crippen LogP contribution in [0, 0.1) is 32.1 Å². The van der Waals surface area contributed by atoms with Gasteiger partial charge in [-0.2, -0.15) is 5.26 Å². The smallest absolute Gasteiger partial charge is 0.341 e. The van der Waals surface area contributed by atoms with Crippen molar-refractivity contribution in [3.05, 3.63) is 51.4 Å². The quantitative estimate of drug-likeness (QED) is 0.429. The largest absolute Gasteiger partial charge is 0.462 e. The van der Waals surface area contributed by atoms with Gasteiger partial charge in [-0.3, -0.25) is 4.79 Å². The van der Waals surface area contributed by atoms with Crippen LogP contribution in [0.15, 0.2) is 29.3 Å². The zero-order chi connectivity index (χ0) is 21.8. The van der Waals surface area contributed by atoms with Gasteiger partial charge in [0, 0.05) is 10.3 Å². The van der Waals surface area contributed by atoms with Gasteiger partial charge >= 0.3 is 5.97 Å². The number of ether oxygens (including phenoxy) is 1. The molecule has 1 N–H and O–H groups in total. The van der Waals surface area contributed by atoms with Crippen molar-refractivity contribution in [2.45, 2.75) is 32.7 Å². The number of fused-ring (bicyclic) bond motifs is 1. The summed E-state index contributed by atoms with van der Waals surface area (Å²) in [4.78, 5) is 30.3. The fraction of sp³-hybridized carbons (Fsp3) is 0.273. The molecule has 0 atom stereocenters. The van der Waals surface area contributed by atoms with Crippen LogP contribution in [0.2, 0.25) is 0 Å². The summed E-state index contributed by atoms with van der Waals surface area (Å²) in [5, 5.41) is 14.2. The first-order valence-corrected chi connectivity index (χ1v) is 11.2. The van der Waals surface area contributed by atoms with Crippen LogP contribution in [0.5, 0.6) is 0 Å². The molecular weight excluding hydrogens is 418 g/mol. The van der Waals surface area contributed by atoms with Crippen molar-refractivity contribution < 1.29 is 14.3 Å². The zero-order valence-electron chi connectivity index (χ0n) is 17.2. The highest BCUT2D eigenvalue weighted by molar-refractivity contribution is 8.00. The van der Waals surface area contributed by atoms with Crippen molar-refractivity contribution in [3.8, 4) is 6.07 Å². The molecule has 0 aliphatic carbocycles. The first kappa shape index (κ1) is 21.8. The van der Waals surface area contributed by atoms with Crippen molar-refractivity contribution >= 4 is 50.9 Å². The number of thiophene rings is 1. The van der Waals surface area contributed by atoms with Crippen molar-refractivity contribution in [1.82, 2.24) is 4.98 Å². The van der Waals surface area contributed by atoms with E-state index in [1.165, 1.54) is 23.1 Å². The molecule has 2 heterocycles. The lowest BCUT2D eigenvalue weighted by atomic mass is 10.1. The summed E-state index contributed by atoms with van der Waals surface area (Å²) in [6.45, 7) is 7.72. The summed E-state index contributed by atoms with van der Waals surface area (Å²) in [6, 6.07) is 9.78. The zero-order valence-corrected chi connectivity index (χ0v) is 18.8. The van der Waals surface area contributed by atoms with E-state index in [1.807, 2.05) is 39.0 Å². The number of carbonyl (C=O) groups is 2. The predicted molar refractivity (Wildman–Crippen MR) is 120 cm³/mol. The van der Waals surface area contributed by atoms with Crippen molar-refractivity contribution in [2.24, 2.45) is 0 Å². The van der Waals surface area contributed by atoms with Crippen LogP contribution >= 0.6 is 23.1 Å². The number of nitriles is 1. The molecule has 0 spiro atoms. The van der Waals surface area contributed by atoms with Crippen LogP contribution in [0.25, 0.3) is 10.9 Å². The first-order valence-electron chi connectivity index (χ1n) is 9.35. The maximum atomic E-state index is 12.6. The molecule has 154 valence electrons. The number of nitrogens with one attached hydrogen (secondary N) is 1. The number of hydrogen-bond donors (Lipinski definition) is 1. The summed E-state index contributed by atoms with van der Waals surface area (Å²) in [6.07, 6.45) is 0. The van der Waals surface area contributed by atoms with Crippen LogP contribution in [-0.2, 0) is 9.53 Å². The minimum absolute atomic E-state index is 0.0668. The van der Waals surface area contributed by atoms with Crippen molar-refractivity contribution in [3.63, 3.8) is 0 Å². The number of nitrogens with zero attached hydrogens (tertiary/aromatic N) is 2. The summed E-state index contributed by atoms with van der Waals surface area (Å²) >= 11 is 2.54. The molecule has 0 radical (unpaired) electrons. The third-order valence-electron chi connectivity index (χ3n) is 4.51. The number of anilines is 1. The monoisotopic (exact) mass is 439 g/mol. The molecule has 0 bridgehead atoms. The van der Waals surface area contributed by atoms with Crippen LogP contribution < -0.4 is 5.32 Å². The van der Waals surface area contributed by atoms with E-state index in [1.54, 1.807) is 13.0 Å². The Bertz CT molecular complexity index is 1180. The van der Waals surface area contributed by atoms with Crippen LogP contribution in [-0.4, -0.2) is 29.2 Å². The summed E-state index contributed by atoms with van der Waals surface area (Å²) in [5.41, 5.74) is 3.50.